The second-order valence-corrected chi connectivity index (χ2v) is 7.90. The van der Waals surface area contributed by atoms with Crippen molar-refractivity contribution >= 4 is 27.4 Å². The highest BCUT2D eigenvalue weighted by Crippen LogP contribution is 2.28. The minimum atomic E-state index is -0.483. The van der Waals surface area contributed by atoms with Crippen LogP contribution in [0.3, 0.4) is 0 Å². The predicted octanol–water partition coefficient (Wildman–Crippen LogP) is 5.27. The average Bonchev–Trinajstić information content (AvgIpc) is 3.27. The van der Waals surface area contributed by atoms with Crippen molar-refractivity contribution in [2.24, 2.45) is 0 Å². The molecule has 4 heterocycles. The van der Waals surface area contributed by atoms with E-state index in [1.165, 1.54) is 17.7 Å². The molecule has 0 bridgehead atoms. The number of anilines is 1. The third kappa shape index (κ3) is 3.97. The lowest BCUT2D eigenvalue weighted by atomic mass is 10.1. The quantitative estimate of drug-likeness (QED) is 0.411. The van der Waals surface area contributed by atoms with Crippen molar-refractivity contribution in [2.45, 2.75) is 13.5 Å². The molecule has 8 heteroatoms. The maximum absolute atomic E-state index is 15.1. The first-order chi connectivity index (χ1) is 15.2. The molecule has 1 aromatic carbocycles. The first-order valence-corrected chi connectivity index (χ1v) is 10.5. The van der Waals surface area contributed by atoms with E-state index in [0.717, 1.165) is 32.7 Å². The van der Waals surface area contributed by atoms with Gasteiger partial charge in [-0.3, -0.25) is 9.97 Å². The normalized spacial score (nSPS) is 11.0. The van der Waals surface area contributed by atoms with Crippen LogP contribution in [0.25, 0.3) is 32.7 Å². The number of aromatic nitrogens is 5. The van der Waals surface area contributed by atoms with Gasteiger partial charge in [0.1, 0.15) is 12.0 Å². The van der Waals surface area contributed by atoms with Crippen molar-refractivity contribution < 1.29 is 4.39 Å². The minimum absolute atomic E-state index is 0.156. The van der Waals surface area contributed by atoms with Crippen LogP contribution in [0.1, 0.15) is 11.3 Å². The Hall–Kier alpha value is -3.78. The van der Waals surface area contributed by atoms with E-state index >= 15 is 4.39 Å². The molecule has 0 aliphatic heterocycles. The van der Waals surface area contributed by atoms with Crippen molar-refractivity contribution in [1.82, 2.24) is 24.9 Å². The number of rotatable bonds is 5. The van der Waals surface area contributed by atoms with E-state index in [1.54, 1.807) is 17.9 Å². The number of fused-ring (bicyclic) bond motifs is 1. The van der Waals surface area contributed by atoms with E-state index in [2.05, 4.69) is 30.2 Å². The summed E-state index contributed by atoms with van der Waals surface area (Å²) in [4.78, 5) is 21.2. The molecule has 0 aliphatic rings. The maximum atomic E-state index is 15.1. The summed E-state index contributed by atoms with van der Waals surface area (Å²) in [5.74, 6) is -0.327. The standard InChI is InChI=1S/C23H17FN6S/c1-14-8-16(6-7-25-14)18-4-2-15(10-26-18)11-27-23-21(24)22(28-12-29-23)17-3-5-19-20(9-17)31-13-30-19/h2-10,12-13H,11H2,1H3,(H,27,28,29). The molecule has 5 aromatic rings. The van der Waals surface area contributed by atoms with Crippen LogP contribution in [-0.4, -0.2) is 24.9 Å². The summed E-state index contributed by atoms with van der Waals surface area (Å²) in [5.41, 5.74) is 7.34. The molecule has 6 nitrogen and oxygen atoms in total. The highest BCUT2D eigenvalue weighted by Gasteiger charge is 2.14. The molecule has 0 atom stereocenters. The fraction of sp³-hybridized carbons (Fsp3) is 0.0870. The molecule has 1 N–H and O–H groups in total. The van der Waals surface area contributed by atoms with Gasteiger partial charge in [-0.1, -0.05) is 12.1 Å². The predicted molar refractivity (Wildman–Crippen MR) is 120 cm³/mol. The molecule has 4 aromatic heterocycles. The molecule has 5 rings (SSSR count). The number of benzene rings is 1. The zero-order chi connectivity index (χ0) is 21.2. The molecular weight excluding hydrogens is 411 g/mol. The molecule has 0 fully saturated rings. The van der Waals surface area contributed by atoms with E-state index in [0.29, 0.717) is 12.1 Å². The van der Waals surface area contributed by atoms with Crippen LogP contribution in [-0.2, 0) is 6.54 Å². The van der Waals surface area contributed by atoms with Gasteiger partial charge in [-0.2, -0.15) is 0 Å². The Labute approximate surface area is 181 Å². The third-order valence-electron chi connectivity index (χ3n) is 4.87. The molecule has 0 aliphatic carbocycles. The number of hydrogen-bond donors (Lipinski definition) is 1. The van der Waals surface area contributed by atoms with E-state index in [1.807, 2.05) is 49.4 Å². The zero-order valence-corrected chi connectivity index (χ0v) is 17.4. The summed E-state index contributed by atoms with van der Waals surface area (Å²) >= 11 is 1.51. The Morgan fingerprint density at radius 1 is 0.935 bits per heavy atom. The smallest absolute Gasteiger partial charge is 0.191 e. The van der Waals surface area contributed by atoms with Crippen molar-refractivity contribution in [2.75, 3.05) is 5.32 Å². The second kappa shape index (κ2) is 8.16. The Morgan fingerprint density at radius 2 is 1.87 bits per heavy atom. The molecule has 31 heavy (non-hydrogen) atoms. The third-order valence-corrected chi connectivity index (χ3v) is 5.66. The highest BCUT2D eigenvalue weighted by atomic mass is 32.1. The van der Waals surface area contributed by atoms with E-state index in [-0.39, 0.29) is 11.5 Å². The Bertz CT molecular complexity index is 1370. The van der Waals surface area contributed by atoms with Crippen LogP contribution in [0.4, 0.5) is 10.2 Å². The van der Waals surface area contributed by atoms with Crippen molar-refractivity contribution in [1.29, 1.82) is 0 Å². The van der Waals surface area contributed by atoms with Gasteiger partial charge in [0.15, 0.2) is 11.6 Å². The number of hydrogen-bond acceptors (Lipinski definition) is 7. The zero-order valence-electron chi connectivity index (χ0n) is 16.6. The number of thiazole rings is 1. The number of pyridine rings is 2. The van der Waals surface area contributed by atoms with E-state index in [4.69, 9.17) is 0 Å². The van der Waals surface area contributed by atoms with Crippen LogP contribution in [0.2, 0.25) is 0 Å². The summed E-state index contributed by atoms with van der Waals surface area (Å²) in [5, 5.41) is 3.05. The molecule has 0 unspecified atom stereocenters. The Kier molecular flexibility index (Phi) is 5.05. The summed E-state index contributed by atoms with van der Waals surface area (Å²) in [6.07, 6.45) is 4.91. The van der Waals surface area contributed by atoms with Gasteiger partial charge in [0.25, 0.3) is 0 Å². The highest BCUT2D eigenvalue weighted by molar-refractivity contribution is 7.16. The lowest BCUT2D eigenvalue weighted by Gasteiger charge is -2.10. The lowest BCUT2D eigenvalue weighted by molar-refractivity contribution is 0.621. The van der Waals surface area contributed by atoms with Gasteiger partial charge in [0.2, 0.25) is 0 Å². The van der Waals surface area contributed by atoms with Crippen LogP contribution < -0.4 is 5.32 Å². The van der Waals surface area contributed by atoms with Gasteiger partial charge in [0, 0.05) is 35.8 Å². The first kappa shape index (κ1) is 19.2. The van der Waals surface area contributed by atoms with E-state index in [9.17, 15) is 0 Å². The van der Waals surface area contributed by atoms with Crippen molar-refractivity contribution in [3.8, 4) is 22.5 Å². The average molecular weight is 428 g/mol. The molecule has 152 valence electrons. The minimum Gasteiger partial charge on any atom is -0.363 e. The summed E-state index contributed by atoms with van der Waals surface area (Å²) in [6, 6.07) is 13.4. The van der Waals surface area contributed by atoms with Gasteiger partial charge in [0.05, 0.1) is 21.4 Å². The molecule has 0 radical (unpaired) electrons. The maximum Gasteiger partial charge on any atom is 0.191 e. The SMILES string of the molecule is Cc1cc(-c2ccc(CNc3ncnc(-c4ccc5ncsc5c4)c3F)cn2)ccn1. The summed E-state index contributed by atoms with van der Waals surface area (Å²) in [6.45, 7) is 2.34. The monoisotopic (exact) mass is 428 g/mol. The second-order valence-electron chi connectivity index (χ2n) is 7.01. The number of halogens is 1. The molecule has 0 amide bonds. The van der Waals surface area contributed by atoms with Crippen LogP contribution in [0.15, 0.2) is 66.7 Å². The first-order valence-electron chi connectivity index (χ1n) is 9.63. The van der Waals surface area contributed by atoms with Crippen LogP contribution in [0.5, 0.6) is 0 Å². The van der Waals surface area contributed by atoms with Gasteiger partial charge in [-0.15, -0.1) is 11.3 Å². The number of aryl methyl sites for hydroxylation is 1. The fourth-order valence-electron chi connectivity index (χ4n) is 3.29. The molecule has 0 saturated heterocycles. The van der Waals surface area contributed by atoms with Crippen molar-refractivity contribution in [3.63, 3.8) is 0 Å². The van der Waals surface area contributed by atoms with Gasteiger partial charge < -0.3 is 5.32 Å². The van der Waals surface area contributed by atoms with Crippen LogP contribution >= 0.6 is 11.3 Å². The fourth-order valence-corrected chi connectivity index (χ4v) is 4.00. The Balaban J connectivity index is 1.34. The van der Waals surface area contributed by atoms with E-state index < -0.39 is 5.82 Å². The summed E-state index contributed by atoms with van der Waals surface area (Å²) in [7, 11) is 0. The molecule has 0 spiro atoms. The topological polar surface area (TPSA) is 76.5 Å². The molecule has 0 saturated carbocycles. The van der Waals surface area contributed by atoms with Gasteiger partial charge in [-0.05, 0) is 42.8 Å². The van der Waals surface area contributed by atoms with Crippen LogP contribution in [0, 0.1) is 12.7 Å². The molecular formula is C23H17FN6S. The number of nitrogens with zero attached hydrogens (tertiary/aromatic N) is 5. The summed E-state index contributed by atoms with van der Waals surface area (Å²) < 4.78 is 16.1. The van der Waals surface area contributed by atoms with Crippen molar-refractivity contribution in [3.05, 3.63) is 83.8 Å². The lowest BCUT2D eigenvalue weighted by Crippen LogP contribution is -2.06. The largest absolute Gasteiger partial charge is 0.363 e. The number of nitrogens with one attached hydrogen (secondary N) is 1. The van der Waals surface area contributed by atoms with Gasteiger partial charge in [-0.25, -0.2) is 19.3 Å². The van der Waals surface area contributed by atoms with Gasteiger partial charge >= 0.3 is 0 Å². The Morgan fingerprint density at radius 3 is 2.71 bits per heavy atom.